The predicted molar refractivity (Wildman–Crippen MR) is 112 cm³/mol. The monoisotopic (exact) mass is 434 g/mol. The third kappa shape index (κ3) is 4.73. The smallest absolute Gasteiger partial charge is 0.294 e. The van der Waals surface area contributed by atoms with Gasteiger partial charge in [0.05, 0.1) is 11.2 Å². The minimum absolute atomic E-state index is 0.0620. The van der Waals surface area contributed by atoms with Crippen LogP contribution in [0.1, 0.15) is 24.4 Å². The Hall–Kier alpha value is -3.07. The number of benzene rings is 1. The molecule has 10 heteroatoms. The van der Waals surface area contributed by atoms with Gasteiger partial charge in [-0.1, -0.05) is 25.4 Å². The van der Waals surface area contributed by atoms with Crippen LogP contribution < -0.4 is 10.2 Å². The van der Waals surface area contributed by atoms with Gasteiger partial charge in [-0.2, -0.15) is 0 Å². The largest absolute Gasteiger partial charge is 0.459 e. The maximum atomic E-state index is 13.0. The number of rotatable bonds is 6. The maximum Gasteiger partial charge on any atom is 0.294 e. The lowest BCUT2D eigenvalue weighted by Crippen LogP contribution is -2.56. The molecule has 0 bridgehead atoms. The Labute approximate surface area is 178 Å². The van der Waals surface area contributed by atoms with Crippen molar-refractivity contribution in [2.75, 3.05) is 31.1 Å². The van der Waals surface area contributed by atoms with Crippen LogP contribution in [0.3, 0.4) is 0 Å². The molecule has 0 saturated carbocycles. The summed E-state index contributed by atoms with van der Waals surface area (Å²) in [5, 5.41) is 14.4. The number of amides is 2. The van der Waals surface area contributed by atoms with Crippen molar-refractivity contribution < 1.29 is 18.9 Å². The topological polar surface area (TPSA) is 109 Å². The highest BCUT2D eigenvalue weighted by molar-refractivity contribution is 6.30. The van der Waals surface area contributed by atoms with Crippen molar-refractivity contribution in [1.29, 1.82) is 0 Å². The molecule has 1 fully saturated rings. The molecule has 160 valence electrons. The van der Waals surface area contributed by atoms with Crippen molar-refractivity contribution in [3.63, 3.8) is 0 Å². The van der Waals surface area contributed by atoms with E-state index in [4.69, 9.17) is 16.0 Å². The Morgan fingerprint density at radius 1 is 1.20 bits per heavy atom. The van der Waals surface area contributed by atoms with Crippen molar-refractivity contribution in [1.82, 2.24) is 10.2 Å². The van der Waals surface area contributed by atoms with E-state index in [1.165, 1.54) is 18.4 Å². The lowest BCUT2D eigenvalue weighted by molar-refractivity contribution is -0.384. The molecule has 2 amide bonds. The van der Waals surface area contributed by atoms with Crippen molar-refractivity contribution in [3.05, 3.63) is 57.5 Å². The van der Waals surface area contributed by atoms with Crippen molar-refractivity contribution in [2.24, 2.45) is 5.92 Å². The van der Waals surface area contributed by atoms with E-state index in [-0.39, 0.29) is 23.3 Å². The van der Waals surface area contributed by atoms with E-state index in [2.05, 4.69) is 5.32 Å². The van der Waals surface area contributed by atoms with Crippen LogP contribution in [0.5, 0.6) is 0 Å². The summed E-state index contributed by atoms with van der Waals surface area (Å²) < 4.78 is 5.10. The van der Waals surface area contributed by atoms with E-state index in [9.17, 15) is 19.7 Å². The molecule has 30 heavy (non-hydrogen) atoms. The molecular formula is C20H23ClN4O5. The molecule has 1 aromatic heterocycles. The van der Waals surface area contributed by atoms with Crippen LogP contribution in [0, 0.1) is 16.0 Å². The summed E-state index contributed by atoms with van der Waals surface area (Å²) in [5.74, 6) is -0.599. The number of hydrogen-bond acceptors (Lipinski definition) is 6. The SMILES string of the molecule is CC(C)C(NC(=O)c1ccco1)C(=O)N1CCN(c2ccc(Cl)cc2[N+](=O)[O-])CC1. The molecule has 0 radical (unpaired) electrons. The molecule has 1 aromatic carbocycles. The number of piperazine rings is 1. The third-order valence-electron chi connectivity index (χ3n) is 5.03. The third-order valence-corrected chi connectivity index (χ3v) is 5.27. The number of anilines is 1. The number of furan rings is 1. The van der Waals surface area contributed by atoms with Crippen LogP contribution in [0.25, 0.3) is 0 Å². The fraction of sp³-hybridized carbons (Fsp3) is 0.400. The minimum atomic E-state index is -0.695. The molecule has 1 aliphatic rings. The molecule has 1 unspecified atom stereocenters. The standard InChI is InChI=1S/C20H23ClN4O5/c1-13(2)18(22-19(26)17-4-3-11-30-17)20(27)24-9-7-23(8-10-24)15-6-5-14(21)12-16(15)25(28)29/h3-6,11-13,18H,7-10H2,1-2H3,(H,22,26). The Balaban J connectivity index is 1.67. The number of nitro groups is 1. The molecule has 2 aromatic rings. The Morgan fingerprint density at radius 2 is 1.90 bits per heavy atom. The molecule has 2 heterocycles. The number of nitrogens with zero attached hydrogens (tertiary/aromatic N) is 3. The first-order valence-electron chi connectivity index (χ1n) is 9.60. The number of carbonyl (C=O) groups is 2. The van der Waals surface area contributed by atoms with Crippen LogP contribution >= 0.6 is 11.6 Å². The second-order valence-corrected chi connectivity index (χ2v) is 7.81. The number of halogens is 1. The molecule has 1 saturated heterocycles. The van der Waals surface area contributed by atoms with Gasteiger partial charge in [0.1, 0.15) is 11.7 Å². The van der Waals surface area contributed by atoms with Crippen molar-refractivity contribution in [2.45, 2.75) is 19.9 Å². The zero-order valence-corrected chi connectivity index (χ0v) is 17.5. The Morgan fingerprint density at radius 3 is 2.47 bits per heavy atom. The van der Waals surface area contributed by atoms with Gasteiger partial charge in [0.2, 0.25) is 5.91 Å². The average Bonchev–Trinajstić information content (AvgIpc) is 3.26. The van der Waals surface area contributed by atoms with Gasteiger partial charge in [-0.25, -0.2) is 0 Å². The van der Waals surface area contributed by atoms with Gasteiger partial charge in [-0.3, -0.25) is 19.7 Å². The highest BCUT2D eigenvalue weighted by Gasteiger charge is 2.32. The van der Waals surface area contributed by atoms with E-state index in [0.29, 0.717) is 36.9 Å². The summed E-state index contributed by atoms with van der Waals surface area (Å²) in [4.78, 5) is 39.8. The Bertz CT molecular complexity index is 923. The summed E-state index contributed by atoms with van der Waals surface area (Å²) >= 11 is 5.89. The minimum Gasteiger partial charge on any atom is -0.459 e. The lowest BCUT2D eigenvalue weighted by Gasteiger charge is -2.38. The quantitative estimate of drug-likeness (QED) is 0.553. The molecule has 1 aliphatic heterocycles. The average molecular weight is 435 g/mol. The first-order valence-corrected chi connectivity index (χ1v) is 9.97. The maximum absolute atomic E-state index is 13.0. The van der Waals surface area contributed by atoms with E-state index < -0.39 is 16.9 Å². The molecule has 3 rings (SSSR count). The Kier molecular flexibility index (Phi) is 6.61. The summed E-state index contributed by atoms with van der Waals surface area (Å²) in [6, 6.07) is 7.01. The molecule has 1 atom stereocenters. The lowest BCUT2D eigenvalue weighted by atomic mass is 10.0. The van der Waals surface area contributed by atoms with Gasteiger partial charge in [0, 0.05) is 37.3 Å². The fourth-order valence-corrected chi connectivity index (χ4v) is 3.57. The van der Waals surface area contributed by atoms with Crippen molar-refractivity contribution in [3.8, 4) is 0 Å². The summed E-state index contributed by atoms with van der Waals surface area (Å²) in [6.45, 7) is 5.36. The normalized spacial score (nSPS) is 15.2. The second-order valence-electron chi connectivity index (χ2n) is 7.37. The molecular weight excluding hydrogens is 412 g/mol. The van der Waals surface area contributed by atoms with Gasteiger partial charge in [-0.15, -0.1) is 0 Å². The molecule has 9 nitrogen and oxygen atoms in total. The van der Waals surface area contributed by atoms with Gasteiger partial charge in [0.15, 0.2) is 5.76 Å². The summed E-state index contributed by atoms with van der Waals surface area (Å²) in [5.41, 5.74) is 0.413. The number of carbonyl (C=O) groups excluding carboxylic acids is 2. The highest BCUT2D eigenvalue weighted by Crippen LogP contribution is 2.31. The van der Waals surface area contributed by atoms with E-state index in [0.717, 1.165) is 0 Å². The van der Waals surface area contributed by atoms with E-state index in [1.54, 1.807) is 23.1 Å². The summed E-state index contributed by atoms with van der Waals surface area (Å²) in [7, 11) is 0. The van der Waals surface area contributed by atoms with Crippen LogP contribution in [0.2, 0.25) is 5.02 Å². The van der Waals surface area contributed by atoms with Gasteiger partial charge in [0.25, 0.3) is 11.6 Å². The first-order chi connectivity index (χ1) is 14.3. The highest BCUT2D eigenvalue weighted by atomic mass is 35.5. The predicted octanol–water partition coefficient (Wildman–Crippen LogP) is 2.94. The molecule has 0 spiro atoms. The van der Waals surface area contributed by atoms with Crippen LogP contribution in [0.15, 0.2) is 41.0 Å². The zero-order chi connectivity index (χ0) is 21.8. The van der Waals surface area contributed by atoms with E-state index in [1.807, 2.05) is 18.7 Å². The molecule has 0 aliphatic carbocycles. The number of nitro benzene ring substituents is 1. The van der Waals surface area contributed by atoms with E-state index >= 15 is 0 Å². The van der Waals surface area contributed by atoms with Crippen molar-refractivity contribution >= 4 is 34.8 Å². The number of hydrogen-bond donors (Lipinski definition) is 1. The van der Waals surface area contributed by atoms with Crippen LogP contribution in [-0.4, -0.2) is 53.9 Å². The van der Waals surface area contributed by atoms with Gasteiger partial charge >= 0.3 is 0 Å². The zero-order valence-electron chi connectivity index (χ0n) is 16.7. The fourth-order valence-electron chi connectivity index (χ4n) is 3.41. The van der Waals surface area contributed by atoms with Crippen LogP contribution in [-0.2, 0) is 4.79 Å². The second kappa shape index (κ2) is 9.17. The number of nitrogens with one attached hydrogen (secondary N) is 1. The summed E-state index contributed by atoms with van der Waals surface area (Å²) in [6.07, 6.45) is 1.40. The van der Waals surface area contributed by atoms with Gasteiger partial charge in [-0.05, 0) is 30.2 Å². The first kappa shape index (κ1) is 21.6. The molecule has 1 N–H and O–H groups in total. The van der Waals surface area contributed by atoms with Gasteiger partial charge < -0.3 is 19.5 Å². The van der Waals surface area contributed by atoms with Crippen LogP contribution in [0.4, 0.5) is 11.4 Å².